The number of carboxylic acids is 2. The van der Waals surface area contributed by atoms with Crippen LogP contribution in [0.4, 0.5) is 5.95 Å². The van der Waals surface area contributed by atoms with Crippen LogP contribution in [0.1, 0.15) is 41.6 Å². The molecule has 1 aromatic heterocycles. The van der Waals surface area contributed by atoms with Crippen LogP contribution < -0.4 is 15.0 Å². The fourth-order valence-electron chi connectivity index (χ4n) is 4.73. The van der Waals surface area contributed by atoms with Gasteiger partial charge in [0.05, 0.1) is 7.11 Å². The van der Waals surface area contributed by atoms with Gasteiger partial charge in [0.1, 0.15) is 5.56 Å². The van der Waals surface area contributed by atoms with Gasteiger partial charge in [0.2, 0.25) is 11.8 Å². The Labute approximate surface area is 215 Å². The minimum absolute atomic E-state index is 0.159. The van der Waals surface area contributed by atoms with Crippen LogP contribution in [0.2, 0.25) is 0 Å². The number of aromatic nitrogens is 2. The molecule has 0 radical (unpaired) electrons. The van der Waals surface area contributed by atoms with Crippen molar-refractivity contribution in [3.8, 4) is 5.88 Å². The number of ether oxygens (including phenoxy) is 1. The van der Waals surface area contributed by atoms with E-state index >= 15 is 0 Å². The third kappa shape index (κ3) is 7.74. The van der Waals surface area contributed by atoms with Crippen LogP contribution in [0, 0.1) is 0 Å². The summed E-state index contributed by atoms with van der Waals surface area (Å²) < 4.78 is 5.34. The first-order valence-corrected chi connectivity index (χ1v) is 12.0. The number of piperidine rings is 1. The first kappa shape index (κ1) is 27.6. The van der Waals surface area contributed by atoms with E-state index in [1.54, 1.807) is 11.1 Å². The molecular weight excluding hydrogens is 478 g/mol. The van der Waals surface area contributed by atoms with Gasteiger partial charge >= 0.3 is 11.9 Å². The first-order valence-electron chi connectivity index (χ1n) is 12.0. The maximum Gasteiger partial charge on any atom is 0.328 e. The molecule has 2 saturated heterocycles. The smallest absolute Gasteiger partial charge is 0.328 e. The molecule has 4 rings (SSSR count). The first-order chi connectivity index (χ1) is 17.7. The lowest BCUT2D eigenvalue weighted by Gasteiger charge is -2.39. The molecule has 3 heterocycles. The van der Waals surface area contributed by atoms with Gasteiger partial charge in [0, 0.05) is 57.1 Å². The number of fused-ring (bicyclic) bond motifs is 2. The summed E-state index contributed by atoms with van der Waals surface area (Å²) in [6.45, 7) is 0.991. The molecule has 37 heavy (non-hydrogen) atoms. The van der Waals surface area contributed by atoms with E-state index < -0.39 is 11.9 Å². The zero-order chi connectivity index (χ0) is 26.9. The van der Waals surface area contributed by atoms with Crippen molar-refractivity contribution < 1.29 is 29.3 Å². The summed E-state index contributed by atoms with van der Waals surface area (Å²) in [5, 5.41) is 18.8. The van der Waals surface area contributed by atoms with E-state index in [2.05, 4.69) is 50.5 Å². The van der Waals surface area contributed by atoms with Gasteiger partial charge in [-0.15, -0.1) is 0 Å². The summed E-state index contributed by atoms with van der Waals surface area (Å²) >= 11 is 0. The molecule has 2 bridgehead atoms. The molecule has 2 aromatic rings. The summed E-state index contributed by atoms with van der Waals surface area (Å²) in [5.41, 5.74) is 1.74. The molecule has 0 aliphatic carbocycles. The van der Waals surface area contributed by atoms with E-state index in [0.717, 1.165) is 19.4 Å². The van der Waals surface area contributed by atoms with Crippen molar-refractivity contribution in [1.29, 1.82) is 0 Å². The standard InChI is InChI=1S/C22H29N5O2.C4H4O4/c1-26(2)22-23-13-19(21(25-22)29-3)20(28)24-16-11-17-9-10-18(12-16)27(17)14-15-7-5-4-6-8-15;5-3(6)1-2-4(7)8/h4-8,13,16-18H,9-12,14H2,1-3H3,(H,24,28);1-2H,(H,5,6)(H,7,8)/b;2-1+. The van der Waals surface area contributed by atoms with Gasteiger partial charge in [-0.2, -0.15) is 4.98 Å². The van der Waals surface area contributed by atoms with Crippen LogP contribution in [0.5, 0.6) is 5.88 Å². The molecule has 2 atom stereocenters. The number of hydrogen-bond donors (Lipinski definition) is 3. The Hall–Kier alpha value is -3.99. The monoisotopic (exact) mass is 511 g/mol. The topological polar surface area (TPSA) is 145 Å². The Balaban J connectivity index is 0.000000414. The number of nitrogens with one attached hydrogen (secondary N) is 1. The molecule has 2 aliphatic rings. The molecule has 2 aliphatic heterocycles. The van der Waals surface area contributed by atoms with Crippen molar-refractivity contribution >= 4 is 23.8 Å². The number of anilines is 1. The Kier molecular flexibility index (Phi) is 9.56. The molecule has 11 heteroatoms. The zero-order valence-electron chi connectivity index (χ0n) is 21.2. The van der Waals surface area contributed by atoms with Gasteiger partial charge in [-0.25, -0.2) is 14.6 Å². The Bertz CT molecular complexity index is 1090. The largest absolute Gasteiger partial charge is 0.480 e. The van der Waals surface area contributed by atoms with Crippen molar-refractivity contribution in [2.45, 2.75) is 50.4 Å². The molecule has 198 valence electrons. The van der Waals surface area contributed by atoms with Crippen molar-refractivity contribution in [2.75, 3.05) is 26.1 Å². The minimum Gasteiger partial charge on any atom is -0.480 e. The zero-order valence-corrected chi connectivity index (χ0v) is 21.2. The van der Waals surface area contributed by atoms with E-state index in [1.807, 2.05) is 14.1 Å². The highest BCUT2D eigenvalue weighted by Gasteiger charge is 2.41. The number of nitrogens with zero attached hydrogens (tertiary/aromatic N) is 4. The van der Waals surface area contributed by atoms with E-state index in [9.17, 15) is 14.4 Å². The van der Waals surface area contributed by atoms with E-state index in [0.29, 0.717) is 41.6 Å². The molecule has 2 fully saturated rings. The number of rotatable bonds is 8. The highest BCUT2D eigenvalue weighted by molar-refractivity contribution is 5.96. The van der Waals surface area contributed by atoms with Gasteiger partial charge in [-0.1, -0.05) is 30.3 Å². The van der Waals surface area contributed by atoms with Crippen molar-refractivity contribution in [2.24, 2.45) is 0 Å². The Morgan fingerprint density at radius 3 is 2.19 bits per heavy atom. The minimum atomic E-state index is -1.26. The van der Waals surface area contributed by atoms with Crippen molar-refractivity contribution in [1.82, 2.24) is 20.2 Å². The fourth-order valence-corrected chi connectivity index (χ4v) is 4.73. The van der Waals surface area contributed by atoms with Gasteiger partial charge in [0.25, 0.3) is 5.91 Å². The van der Waals surface area contributed by atoms with Crippen LogP contribution in [-0.4, -0.2) is 82.3 Å². The van der Waals surface area contributed by atoms with E-state index in [1.165, 1.54) is 25.5 Å². The highest BCUT2D eigenvalue weighted by Crippen LogP contribution is 2.37. The number of hydrogen-bond acceptors (Lipinski definition) is 8. The summed E-state index contributed by atoms with van der Waals surface area (Å²) in [6, 6.07) is 11.9. The molecule has 11 nitrogen and oxygen atoms in total. The van der Waals surface area contributed by atoms with Crippen LogP contribution in [0.25, 0.3) is 0 Å². The van der Waals surface area contributed by atoms with Crippen molar-refractivity contribution in [3.63, 3.8) is 0 Å². The molecule has 2 unspecified atom stereocenters. The number of amides is 1. The molecule has 1 amide bonds. The molecule has 0 spiro atoms. The van der Waals surface area contributed by atoms with E-state index in [4.69, 9.17) is 14.9 Å². The predicted octanol–water partition coefficient (Wildman–Crippen LogP) is 2.19. The second-order valence-electron chi connectivity index (χ2n) is 9.18. The number of carbonyl (C=O) groups excluding carboxylic acids is 1. The summed E-state index contributed by atoms with van der Waals surface area (Å²) in [7, 11) is 5.24. The molecular formula is C26H33N5O6. The number of carboxylic acid groups (broad SMARTS) is 2. The fraction of sp³-hybridized carbons (Fsp3) is 0.423. The number of carbonyl (C=O) groups is 3. The normalized spacial score (nSPS) is 20.6. The van der Waals surface area contributed by atoms with Crippen LogP contribution in [0.3, 0.4) is 0 Å². The second-order valence-corrected chi connectivity index (χ2v) is 9.18. The van der Waals surface area contributed by atoms with Gasteiger partial charge in [-0.05, 0) is 31.2 Å². The molecule has 3 N–H and O–H groups in total. The average molecular weight is 512 g/mol. The predicted molar refractivity (Wildman–Crippen MR) is 137 cm³/mol. The lowest BCUT2D eigenvalue weighted by molar-refractivity contribution is -0.134. The quantitative estimate of drug-likeness (QED) is 0.451. The Morgan fingerprint density at radius 1 is 1.08 bits per heavy atom. The number of aliphatic carboxylic acids is 2. The van der Waals surface area contributed by atoms with Gasteiger partial charge in [0.15, 0.2) is 0 Å². The maximum atomic E-state index is 12.9. The highest BCUT2D eigenvalue weighted by atomic mass is 16.5. The lowest BCUT2D eigenvalue weighted by atomic mass is 9.96. The van der Waals surface area contributed by atoms with Crippen molar-refractivity contribution in [3.05, 3.63) is 59.8 Å². The molecule has 0 saturated carbocycles. The Morgan fingerprint density at radius 2 is 1.68 bits per heavy atom. The van der Waals surface area contributed by atoms with Crippen LogP contribution >= 0.6 is 0 Å². The SMILES string of the molecule is COc1nc(N(C)C)ncc1C(=O)NC1CC2CCC(C1)N2Cc1ccccc1.O=C(O)/C=C/C(=O)O. The second kappa shape index (κ2) is 12.8. The summed E-state index contributed by atoms with van der Waals surface area (Å²) in [6.07, 6.45) is 7.03. The average Bonchev–Trinajstić information content (AvgIpc) is 3.10. The number of benzene rings is 1. The summed E-state index contributed by atoms with van der Waals surface area (Å²) in [5.74, 6) is -1.84. The van der Waals surface area contributed by atoms with Crippen LogP contribution in [-0.2, 0) is 16.1 Å². The van der Waals surface area contributed by atoms with Gasteiger partial charge < -0.3 is 25.2 Å². The maximum absolute atomic E-state index is 12.9. The van der Waals surface area contributed by atoms with Gasteiger partial charge in [-0.3, -0.25) is 9.69 Å². The number of methoxy groups -OCH3 is 1. The third-order valence-corrected chi connectivity index (χ3v) is 6.38. The molecule has 1 aromatic carbocycles. The third-order valence-electron chi connectivity index (χ3n) is 6.38. The lowest BCUT2D eigenvalue weighted by Crippen LogP contribution is -2.50. The van der Waals surface area contributed by atoms with Crippen LogP contribution in [0.15, 0.2) is 48.7 Å². The summed E-state index contributed by atoms with van der Waals surface area (Å²) in [4.78, 5) is 45.0. The van der Waals surface area contributed by atoms with E-state index in [-0.39, 0.29) is 11.9 Å².